The van der Waals surface area contributed by atoms with Gasteiger partial charge in [-0.2, -0.15) is 0 Å². The van der Waals surface area contributed by atoms with E-state index in [4.69, 9.17) is 0 Å². The van der Waals surface area contributed by atoms with Crippen LogP contribution in [0.2, 0.25) is 0 Å². The highest BCUT2D eigenvalue weighted by atomic mass is 19.1. The lowest BCUT2D eigenvalue weighted by Gasteiger charge is -2.11. The van der Waals surface area contributed by atoms with Crippen LogP contribution in [0.5, 0.6) is 0 Å². The SMILES string of the molecule is CC.CN(C)CCNc1ccc([N+](=O)[O-])cc1F. The Morgan fingerprint density at radius 2 is 2.00 bits per heavy atom. The number of hydrogen-bond acceptors (Lipinski definition) is 4. The van der Waals surface area contributed by atoms with Crippen molar-refractivity contribution in [2.45, 2.75) is 13.8 Å². The molecule has 102 valence electrons. The molecule has 1 N–H and O–H groups in total. The van der Waals surface area contributed by atoms with Crippen LogP contribution in [0.1, 0.15) is 13.8 Å². The van der Waals surface area contributed by atoms with Crippen molar-refractivity contribution in [2.75, 3.05) is 32.5 Å². The van der Waals surface area contributed by atoms with Gasteiger partial charge in [0.25, 0.3) is 5.69 Å². The molecule has 0 heterocycles. The Morgan fingerprint density at radius 3 is 2.44 bits per heavy atom. The van der Waals surface area contributed by atoms with Crippen LogP contribution >= 0.6 is 0 Å². The number of nitrogens with zero attached hydrogens (tertiary/aromatic N) is 2. The van der Waals surface area contributed by atoms with Crippen molar-refractivity contribution in [2.24, 2.45) is 0 Å². The lowest BCUT2D eigenvalue weighted by molar-refractivity contribution is -0.385. The maximum Gasteiger partial charge on any atom is 0.272 e. The average Bonchev–Trinajstić information content (AvgIpc) is 2.33. The third-order valence-electron chi connectivity index (χ3n) is 2.04. The highest BCUT2D eigenvalue weighted by Crippen LogP contribution is 2.19. The molecule has 0 saturated carbocycles. The molecule has 0 saturated heterocycles. The zero-order valence-corrected chi connectivity index (χ0v) is 11.2. The van der Waals surface area contributed by atoms with E-state index < -0.39 is 10.7 Å². The minimum atomic E-state index is -0.618. The molecule has 1 aromatic carbocycles. The Bertz CT molecular complexity index is 384. The summed E-state index contributed by atoms with van der Waals surface area (Å²) in [6, 6.07) is 3.57. The minimum absolute atomic E-state index is 0.240. The normalized spacial score (nSPS) is 9.67. The molecule has 0 radical (unpaired) electrons. The second-order valence-corrected chi connectivity index (χ2v) is 3.65. The van der Waals surface area contributed by atoms with Crippen molar-refractivity contribution in [3.8, 4) is 0 Å². The molecule has 0 aliphatic heterocycles. The first-order valence-electron chi connectivity index (χ1n) is 5.83. The number of anilines is 1. The summed E-state index contributed by atoms with van der Waals surface area (Å²) >= 11 is 0. The molecule has 5 nitrogen and oxygen atoms in total. The minimum Gasteiger partial charge on any atom is -0.381 e. The fourth-order valence-electron chi connectivity index (χ4n) is 1.18. The zero-order valence-electron chi connectivity index (χ0n) is 11.2. The molecule has 0 atom stereocenters. The number of halogens is 1. The summed E-state index contributed by atoms with van der Waals surface area (Å²) in [6.45, 7) is 5.35. The van der Waals surface area contributed by atoms with E-state index in [0.717, 1.165) is 12.6 Å². The summed E-state index contributed by atoms with van der Waals surface area (Å²) in [7, 11) is 3.82. The van der Waals surface area contributed by atoms with Gasteiger partial charge in [-0.05, 0) is 20.2 Å². The van der Waals surface area contributed by atoms with Gasteiger partial charge < -0.3 is 10.2 Å². The van der Waals surface area contributed by atoms with E-state index in [1.807, 2.05) is 32.8 Å². The molecule has 6 heteroatoms. The molecule has 0 fully saturated rings. The Morgan fingerprint density at radius 1 is 1.39 bits per heavy atom. The summed E-state index contributed by atoms with van der Waals surface area (Å²) in [6.07, 6.45) is 0. The average molecular weight is 257 g/mol. The number of hydrogen-bond donors (Lipinski definition) is 1. The quantitative estimate of drug-likeness (QED) is 0.651. The van der Waals surface area contributed by atoms with E-state index >= 15 is 0 Å². The number of nitro groups is 1. The molecule has 0 bridgehead atoms. The predicted molar refractivity (Wildman–Crippen MR) is 71.4 cm³/mol. The molecule has 0 aromatic heterocycles. The van der Waals surface area contributed by atoms with Crippen LogP contribution in [-0.2, 0) is 0 Å². The Hall–Kier alpha value is -1.69. The van der Waals surface area contributed by atoms with Crippen molar-refractivity contribution in [3.05, 3.63) is 34.1 Å². The van der Waals surface area contributed by atoms with Crippen molar-refractivity contribution in [3.63, 3.8) is 0 Å². The van der Waals surface area contributed by atoms with Gasteiger partial charge >= 0.3 is 0 Å². The number of nitrogens with one attached hydrogen (secondary N) is 1. The van der Waals surface area contributed by atoms with Crippen molar-refractivity contribution < 1.29 is 9.31 Å². The van der Waals surface area contributed by atoms with Gasteiger partial charge in [0.15, 0.2) is 5.82 Å². The summed E-state index contributed by atoms with van der Waals surface area (Å²) in [4.78, 5) is 11.7. The summed E-state index contributed by atoms with van der Waals surface area (Å²) in [5.74, 6) is -0.604. The molecule has 0 spiro atoms. The highest BCUT2D eigenvalue weighted by Gasteiger charge is 2.09. The molecule has 0 aliphatic carbocycles. The second-order valence-electron chi connectivity index (χ2n) is 3.65. The largest absolute Gasteiger partial charge is 0.381 e. The standard InChI is InChI=1S/C10H14FN3O2.C2H6/c1-13(2)6-5-12-10-4-3-8(14(15)16)7-9(10)11;1-2/h3-4,7,12H,5-6H2,1-2H3;1-2H3. The first kappa shape index (κ1) is 16.3. The van der Waals surface area contributed by atoms with Gasteiger partial charge in [-0.15, -0.1) is 0 Å². The molecular weight excluding hydrogens is 237 g/mol. The van der Waals surface area contributed by atoms with Crippen molar-refractivity contribution >= 4 is 11.4 Å². The van der Waals surface area contributed by atoms with Crippen LogP contribution in [0.4, 0.5) is 15.8 Å². The zero-order chi connectivity index (χ0) is 14.1. The topological polar surface area (TPSA) is 58.4 Å². The van der Waals surface area contributed by atoms with Crippen LogP contribution < -0.4 is 5.32 Å². The first-order valence-corrected chi connectivity index (χ1v) is 5.83. The van der Waals surface area contributed by atoms with Gasteiger partial charge in [-0.1, -0.05) is 13.8 Å². The summed E-state index contributed by atoms with van der Waals surface area (Å²) in [5.41, 5.74) is 0.0445. The Labute approximate surface area is 107 Å². The highest BCUT2D eigenvalue weighted by molar-refractivity contribution is 5.50. The van der Waals surface area contributed by atoms with E-state index in [9.17, 15) is 14.5 Å². The van der Waals surface area contributed by atoms with Gasteiger partial charge in [-0.25, -0.2) is 4.39 Å². The molecule has 0 aliphatic rings. The molecular formula is C12H20FN3O2. The van der Waals surface area contributed by atoms with Crippen LogP contribution in [0.3, 0.4) is 0 Å². The van der Waals surface area contributed by atoms with Crippen LogP contribution in [-0.4, -0.2) is 37.0 Å². The molecule has 0 amide bonds. The summed E-state index contributed by atoms with van der Waals surface area (Å²) in [5, 5.41) is 13.3. The smallest absolute Gasteiger partial charge is 0.272 e. The number of benzene rings is 1. The maximum absolute atomic E-state index is 13.4. The molecule has 0 unspecified atom stereocenters. The number of nitro benzene ring substituents is 1. The lowest BCUT2D eigenvalue weighted by atomic mass is 10.2. The lowest BCUT2D eigenvalue weighted by Crippen LogP contribution is -2.21. The van der Waals surface area contributed by atoms with E-state index in [2.05, 4.69) is 5.32 Å². The van der Waals surface area contributed by atoms with Gasteiger partial charge in [0.05, 0.1) is 16.7 Å². The van der Waals surface area contributed by atoms with Gasteiger partial charge in [-0.3, -0.25) is 10.1 Å². The monoisotopic (exact) mass is 257 g/mol. The molecule has 1 aromatic rings. The van der Waals surface area contributed by atoms with E-state index in [0.29, 0.717) is 6.54 Å². The Balaban J connectivity index is 0.00000137. The fraction of sp³-hybridized carbons (Fsp3) is 0.500. The van der Waals surface area contributed by atoms with Crippen LogP contribution in [0, 0.1) is 15.9 Å². The number of rotatable bonds is 5. The number of likely N-dealkylation sites (N-methyl/N-ethyl adjacent to an activating group) is 1. The number of non-ortho nitro benzene ring substituents is 1. The fourth-order valence-corrected chi connectivity index (χ4v) is 1.18. The van der Waals surface area contributed by atoms with Gasteiger partial charge in [0.2, 0.25) is 0 Å². The maximum atomic E-state index is 13.4. The van der Waals surface area contributed by atoms with Crippen molar-refractivity contribution in [1.29, 1.82) is 0 Å². The second kappa shape index (κ2) is 8.41. The third kappa shape index (κ3) is 5.58. The van der Waals surface area contributed by atoms with Crippen LogP contribution in [0.25, 0.3) is 0 Å². The van der Waals surface area contributed by atoms with Gasteiger partial charge in [0.1, 0.15) is 0 Å². The molecule has 18 heavy (non-hydrogen) atoms. The first-order chi connectivity index (χ1) is 8.50. The van der Waals surface area contributed by atoms with E-state index in [1.165, 1.54) is 12.1 Å². The predicted octanol–water partition coefficient (Wildman–Crippen LogP) is 2.73. The molecule has 1 rings (SSSR count). The van der Waals surface area contributed by atoms with E-state index in [-0.39, 0.29) is 11.4 Å². The van der Waals surface area contributed by atoms with E-state index in [1.54, 1.807) is 0 Å². The third-order valence-corrected chi connectivity index (χ3v) is 2.04. The van der Waals surface area contributed by atoms with Crippen LogP contribution in [0.15, 0.2) is 18.2 Å². The van der Waals surface area contributed by atoms with Gasteiger partial charge in [0, 0.05) is 19.2 Å². The summed E-state index contributed by atoms with van der Waals surface area (Å²) < 4.78 is 13.4. The van der Waals surface area contributed by atoms with Crippen molar-refractivity contribution in [1.82, 2.24) is 4.90 Å². The Kier molecular flexibility index (Phi) is 7.62.